The van der Waals surface area contributed by atoms with Crippen LogP contribution in [0.15, 0.2) is 24.3 Å². The number of phenols is 1. The smallest absolute Gasteiger partial charge is 0.277 e. The number of hydrogen-bond donors (Lipinski definition) is 2. The number of carbonyl (C=O) groups excluding carboxylic acids is 1. The fourth-order valence-corrected chi connectivity index (χ4v) is 1.56. The van der Waals surface area contributed by atoms with E-state index in [9.17, 15) is 4.79 Å². The standard InChI is InChI=1S/C12H16N2O4/c1-9(12(16)14-7-2-8-17-14)18-13-10-3-5-11(15)6-4-10/h3-6,9,13,15H,2,7-8H2,1H3. The third-order valence-electron chi connectivity index (χ3n) is 2.57. The van der Waals surface area contributed by atoms with Gasteiger partial charge in [0.1, 0.15) is 5.75 Å². The molecular weight excluding hydrogens is 236 g/mol. The number of amides is 1. The molecule has 1 heterocycles. The SMILES string of the molecule is CC(ONc1ccc(O)cc1)C(=O)N1CCCO1. The molecule has 1 saturated heterocycles. The first-order valence-corrected chi connectivity index (χ1v) is 5.82. The first-order chi connectivity index (χ1) is 8.66. The van der Waals surface area contributed by atoms with Crippen molar-refractivity contribution >= 4 is 11.6 Å². The lowest BCUT2D eigenvalue weighted by Crippen LogP contribution is -2.37. The predicted octanol–water partition coefficient (Wildman–Crippen LogP) is 1.29. The minimum Gasteiger partial charge on any atom is -0.508 e. The van der Waals surface area contributed by atoms with Gasteiger partial charge in [-0.25, -0.2) is 5.06 Å². The Labute approximate surface area is 105 Å². The minimum atomic E-state index is -0.642. The van der Waals surface area contributed by atoms with E-state index in [1.54, 1.807) is 19.1 Å². The van der Waals surface area contributed by atoms with Crippen molar-refractivity contribution in [2.24, 2.45) is 0 Å². The van der Waals surface area contributed by atoms with Crippen LogP contribution in [0.25, 0.3) is 0 Å². The number of phenolic OH excluding ortho intramolecular Hbond substituents is 1. The predicted molar refractivity (Wildman–Crippen MR) is 64.6 cm³/mol. The normalized spacial score (nSPS) is 16.6. The van der Waals surface area contributed by atoms with E-state index in [4.69, 9.17) is 14.8 Å². The zero-order valence-electron chi connectivity index (χ0n) is 10.1. The quantitative estimate of drug-likeness (QED) is 0.624. The summed E-state index contributed by atoms with van der Waals surface area (Å²) in [7, 11) is 0. The van der Waals surface area contributed by atoms with Crippen molar-refractivity contribution in [1.82, 2.24) is 5.06 Å². The molecule has 1 aromatic rings. The largest absolute Gasteiger partial charge is 0.508 e. The Morgan fingerprint density at radius 1 is 1.50 bits per heavy atom. The van der Waals surface area contributed by atoms with Gasteiger partial charge in [-0.2, -0.15) is 0 Å². The molecule has 0 spiro atoms. The number of benzene rings is 1. The molecule has 1 aliphatic heterocycles. The summed E-state index contributed by atoms with van der Waals surface area (Å²) in [6, 6.07) is 6.36. The lowest BCUT2D eigenvalue weighted by atomic mass is 10.3. The highest BCUT2D eigenvalue weighted by atomic mass is 16.7. The number of hydroxylamine groups is 2. The van der Waals surface area contributed by atoms with Crippen LogP contribution in [0.1, 0.15) is 13.3 Å². The molecule has 1 unspecified atom stereocenters. The Balaban J connectivity index is 1.82. The summed E-state index contributed by atoms with van der Waals surface area (Å²) in [5.74, 6) is -0.0334. The van der Waals surface area contributed by atoms with Gasteiger partial charge in [-0.1, -0.05) is 0 Å². The van der Waals surface area contributed by atoms with E-state index in [-0.39, 0.29) is 11.7 Å². The van der Waals surface area contributed by atoms with Gasteiger partial charge in [0, 0.05) is 0 Å². The number of anilines is 1. The molecule has 1 fully saturated rings. The van der Waals surface area contributed by atoms with Crippen molar-refractivity contribution < 1.29 is 19.6 Å². The Morgan fingerprint density at radius 3 is 2.83 bits per heavy atom. The number of aromatic hydroxyl groups is 1. The van der Waals surface area contributed by atoms with E-state index < -0.39 is 6.10 Å². The average molecular weight is 252 g/mol. The molecule has 18 heavy (non-hydrogen) atoms. The van der Waals surface area contributed by atoms with E-state index in [0.717, 1.165) is 6.42 Å². The van der Waals surface area contributed by atoms with Crippen LogP contribution in [0.3, 0.4) is 0 Å². The number of carbonyl (C=O) groups is 1. The van der Waals surface area contributed by atoms with Crippen molar-refractivity contribution in [3.05, 3.63) is 24.3 Å². The van der Waals surface area contributed by atoms with Gasteiger partial charge in [0.25, 0.3) is 5.91 Å². The second kappa shape index (κ2) is 5.70. The summed E-state index contributed by atoms with van der Waals surface area (Å²) in [5, 5.41) is 10.4. The summed E-state index contributed by atoms with van der Waals surface area (Å²) in [4.78, 5) is 22.2. The van der Waals surface area contributed by atoms with Crippen LogP contribution in [0.2, 0.25) is 0 Å². The van der Waals surface area contributed by atoms with Gasteiger partial charge in [0.05, 0.1) is 18.8 Å². The molecule has 6 nitrogen and oxygen atoms in total. The Kier molecular flexibility index (Phi) is 4.01. The molecule has 2 N–H and O–H groups in total. The van der Waals surface area contributed by atoms with E-state index in [1.165, 1.54) is 17.2 Å². The van der Waals surface area contributed by atoms with Gasteiger partial charge in [0.15, 0.2) is 6.10 Å². The Hall–Kier alpha value is -1.79. The Bertz CT molecular complexity index is 401. The molecule has 1 aromatic carbocycles. The summed E-state index contributed by atoms with van der Waals surface area (Å²) < 4.78 is 0. The molecule has 98 valence electrons. The van der Waals surface area contributed by atoms with Crippen LogP contribution in [-0.2, 0) is 14.5 Å². The fourth-order valence-electron chi connectivity index (χ4n) is 1.56. The third kappa shape index (κ3) is 3.12. The van der Waals surface area contributed by atoms with E-state index in [0.29, 0.717) is 18.8 Å². The van der Waals surface area contributed by atoms with Crippen LogP contribution in [0, 0.1) is 0 Å². The first kappa shape index (κ1) is 12.7. The monoisotopic (exact) mass is 252 g/mol. The van der Waals surface area contributed by atoms with Crippen molar-refractivity contribution in [2.45, 2.75) is 19.4 Å². The maximum Gasteiger partial charge on any atom is 0.277 e. The molecule has 6 heteroatoms. The summed E-state index contributed by atoms with van der Waals surface area (Å²) in [5.41, 5.74) is 3.32. The summed E-state index contributed by atoms with van der Waals surface area (Å²) in [6.45, 7) is 2.83. The van der Waals surface area contributed by atoms with Crippen LogP contribution in [0.4, 0.5) is 5.69 Å². The van der Waals surface area contributed by atoms with Gasteiger partial charge >= 0.3 is 0 Å². The van der Waals surface area contributed by atoms with Crippen LogP contribution in [0.5, 0.6) is 5.75 Å². The maximum absolute atomic E-state index is 11.8. The first-order valence-electron chi connectivity index (χ1n) is 5.82. The second-order valence-corrected chi connectivity index (χ2v) is 4.04. The molecule has 1 aliphatic rings. The number of rotatable bonds is 4. The lowest BCUT2D eigenvalue weighted by Gasteiger charge is -2.19. The molecule has 0 aliphatic carbocycles. The average Bonchev–Trinajstić information content (AvgIpc) is 2.90. The Morgan fingerprint density at radius 2 is 2.22 bits per heavy atom. The highest BCUT2D eigenvalue weighted by molar-refractivity contribution is 5.79. The van der Waals surface area contributed by atoms with Crippen molar-refractivity contribution in [3.63, 3.8) is 0 Å². The van der Waals surface area contributed by atoms with Crippen LogP contribution >= 0.6 is 0 Å². The van der Waals surface area contributed by atoms with E-state index in [2.05, 4.69) is 5.48 Å². The van der Waals surface area contributed by atoms with Gasteiger partial charge in [-0.3, -0.25) is 19.9 Å². The van der Waals surface area contributed by atoms with Crippen LogP contribution < -0.4 is 5.48 Å². The molecule has 1 atom stereocenters. The van der Waals surface area contributed by atoms with Crippen molar-refractivity contribution in [2.75, 3.05) is 18.6 Å². The van der Waals surface area contributed by atoms with Crippen molar-refractivity contribution in [3.8, 4) is 5.75 Å². The maximum atomic E-state index is 11.8. The van der Waals surface area contributed by atoms with Gasteiger partial charge in [-0.05, 0) is 37.6 Å². The summed E-state index contributed by atoms with van der Waals surface area (Å²) in [6.07, 6.45) is 0.209. The third-order valence-corrected chi connectivity index (χ3v) is 2.57. The van der Waals surface area contributed by atoms with Crippen LogP contribution in [-0.4, -0.2) is 35.3 Å². The summed E-state index contributed by atoms with van der Waals surface area (Å²) >= 11 is 0. The van der Waals surface area contributed by atoms with E-state index >= 15 is 0 Å². The minimum absolute atomic E-state index is 0.176. The zero-order valence-corrected chi connectivity index (χ0v) is 10.1. The van der Waals surface area contributed by atoms with Gasteiger partial charge in [0.2, 0.25) is 0 Å². The highest BCUT2D eigenvalue weighted by Gasteiger charge is 2.25. The van der Waals surface area contributed by atoms with Crippen molar-refractivity contribution in [1.29, 1.82) is 0 Å². The molecular formula is C12H16N2O4. The number of nitrogens with one attached hydrogen (secondary N) is 1. The molecule has 0 bridgehead atoms. The number of nitrogens with zero attached hydrogens (tertiary/aromatic N) is 1. The molecule has 0 radical (unpaired) electrons. The van der Waals surface area contributed by atoms with E-state index in [1.807, 2.05) is 0 Å². The zero-order chi connectivity index (χ0) is 13.0. The van der Waals surface area contributed by atoms with Gasteiger partial charge in [-0.15, -0.1) is 0 Å². The molecule has 2 rings (SSSR count). The number of hydrogen-bond acceptors (Lipinski definition) is 5. The molecule has 0 aromatic heterocycles. The fraction of sp³-hybridized carbons (Fsp3) is 0.417. The topological polar surface area (TPSA) is 71.0 Å². The molecule has 0 saturated carbocycles. The lowest BCUT2D eigenvalue weighted by molar-refractivity contribution is -0.178. The highest BCUT2D eigenvalue weighted by Crippen LogP contribution is 2.14. The second-order valence-electron chi connectivity index (χ2n) is 4.04. The molecule has 1 amide bonds. The van der Waals surface area contributed by atoms with Gasteiger partial charge < -0.3 is 5.11 Å².